The first-order valence-electron chi connectivity index (χ1n) is 8.09. The van der Waals surface area contributed by atoms with Crippen LogP contribution in [0.5, 0.6) is 0 Å². The average molecular weight is 369 g/mol. The number of halogens is 2. The zero-order valence-corrected chi connectivity index (χ0v) is 15.7. The van der Waals surface area contributed by atoms with Crippen molar-refractivity contribution in [1.29, 1.82) is 0 Å². The van der Waals surface area contributed by atoms with E-state index in [4.69, 9.17) is 27.7 Å². The second-order valence-corrected chi connectivity index (χ2v) is 6.64. The number of amides is 1. The van der Waals surface area contributed by atoms with Crippen molar-refractivity contribution in [2.75, 3.05) is 0 Å². The Kier molecular flexibility index (Phi) is 6.30. The molecule has 0 fully saturated rings. The minimum atomic E-state index is -0.394. The van der Waals surface area contributed by atoms with Crippen molar-refractivity contribution >= 4 is 29.1 Å². The Balaban J connectivity index is 2.09. The van der Waals surface area contributed by atoms with E-state index in [1.54, 1.807) is 0 Å². The van der Waals surface area contributed by atoms with Crippen molar-refractivity contribution in [3.63, 3.8) is 0 Å². The standard InChI is InChI=1S/C18H22Cl2N2O2/c1-4-18(5-2,13-6-8-14(19)9-7-13)21-16(23)11-10-15-12(3)22-24-17(15)20/h6-9H,4-5,10-11H2,1-3H3,(H,21,23). The fourth-order valence-electron chi connectivity index (χ4n) is 2.88. The first kappa shape index (κ1) is 18.8. The third kappa shape index (κ3) is 4.11. The number of aryl methyl sites for hydroxylation is 1. The summed E-state index contributed by atoms with van der Waals surface area (Å²) in [6.45, 7) is 5.96. The third-order valence-electron chi connectivity index (χ3n) is 4.52. The predicted octanol–water partition coefficient (Wildman–Crippen LogP) is 5.05. The molecular weight excluding hydrogens is 347 g/mol. The lowest BCUT2D eigenvalue weighted by Crippen LogP contribution is -2.45. The molecule has 0 bridgehead atoms. The molecule has 0 saturated carbocycles. The van der Waals surface area contributed by atoms with Gasteiger partial charge in [0.15, 0.2) is 0 Å². The van der Waals surface area contributed by atoms with E-state index in [2.05, 4.69) is 24.3 Å². The molecule has 2 aromatic rings. The molecule has 1 aromatic carbocycles. The number of benzene rings is 1. The molecule has 1 heterocycles. The summed E-state index contributed by atoms with van der Waals surface area (Å²) < 4.78 is 4.92. The van der Waals surface area contributed by atoms with Crippen LogP contribution in [0.25, 0.3) is 0 Å². The largest absolute Gasteiger partial charge is 0.347 e. The Morgan fingerprint density at radius 2 is 1.83 bits per heavy atom. The molecule has 6 heteroatoms. The van der Waals surface area contributed by atoms with Gasteiger partial charge in [0, 0.05) is 17.0 Å². The van der Waals surface area contributed by atoms with Crippen LogP contribution >= 0.6 is 23.2 Å². The molecule has 0 saturated heterocycles. The predicted molar refractivity (Wildman–Crippen MR) is 96.4 cm³/mol. The second-order valence-electron chi connectivity index (χ2n) is 5.86. The van der Waals surface area contributed by atoms with E-state index in [1.807, 2.05) is 31.2 Å². The molecule has 24 heavy (non-hydrogen) atoms. The van der Waals surface area contributed by atoms with Crippen LogP contribution in [0.3, 0.4) is 0 Å². The third-order valence-corrected chi connectivity index (χ3v) is 5.07. The Labute approximate surface area is 152 Å². The lowest BCUT2D eigenvalue weighted by atomic mass is 9.84. The molecule has 0 radical (unpaired) electrons. The highest BCUT2D eigenvalue weighted by Crippen LogP contribution is 2.30. The summed E-state index contributed by atoms with van der Waals surface area (Å²) in [5, 5.41) is 7.94. The quantitative estimate of drug-likeness (QED) is 0.743. The fourth-order valence-corrected chi connectivity index (χ4v) is 3.28. The number of carbonyl (C=O) groups is 1. The van der Waals surface area contributed by atoms with Crippen LogP contribution in [0.15, 0.2) is 28.8 Å². The van der Waals surface area contributed by atoms with Gasteiger partial charge >= 0.3 is 0 Å². The molecule has 2 rings (SSSR count). The lowest BCUT2D eigenvalue weighted by molar-refractivity contribution is -0.123. The summed E-state index contributed by atoms with van der Waals surface area (Å²) in [7, 11) is 0. The highest BCUT2D eigenvalue weighted by atomic mass is 35.5. The van der Waals surface area contributed by atoms with Gasteiger partial charge in [-0.1, -0.05) is 42.7 Å². The molecule has 0 unspecified atom stereocenters. The van der Waals surface area contributed by atoms with E-state index in [9.17, 15) is 4.79 Å². The van der Waals surface area contributed by atoms with Gasteiger partial charge in [-0.25, -0.2) is 0 Å². The second kappa shape index (κ2) is 8.04. The van der Waals surface area contributed by atoms with Gasteiger partial charge in [0.05, 0.1) is 11.2 Å². The van der Waals surface area contributed by atoms with Gasteiger partial charge < -0.3 is 9.84 Å². The molecule has 4 nitrogen and oxygen atoms in total. The smallest absolute Gasteiger partial charge is 0.229 e. The van der Waals surface area contributed by atoms with Crippen LogP contribution in [0.1, 0.15) is 49.9 Å². The van der Waals surface area contributed by atoms with E-state index in [0.29, 0.717) is 17.9 Å². The van der Waals surface area contributed by atoms with Crippen molar-refractivity contribution in [2.24, 2.45) is 0 Å². The summed E-state index contributed by atoms with van der Waals surface area (Å²) in [6.07, 6.45) is 2.43. The number of carbonyl (C=O) groups excluding carboxylic acids is 1. The number of nitrogens with one attached hydrogen (secondary N) is 1. The van der Waals surface area contributed by atoms with E-state index < -0.39 is 5.54 Å². The number of rotatable bonds is 7. The van der Waals surface area contributed by atoms with Crippen LogP contribution < -0.4 is 5.32 Å². The van der Waals surface area contributed by atoms with E-state index in [1.165, 1.54) is 0 Å². The summed E-state index contributed by atoms with van der Waals surface area (Å²) >= 11 is 11.9. The van der Waals surface area contributed by atoms with Crippen LogP contribution in [-0.2, 0) is 16.8 Å². The van der Waals surface area contributed by atoms with Crippen molar-refractivity contribution in [1.82, 2.24) is 10.5 Å². The molecule has 1 amide bonds. The van der Waals surface area contributed by atoms with Crippen LogP contribution in [-0.4, -0.2) is 11.1 Å². The zero-order valence-electron chi connectivity index (χ0n) is 14.2. The highest BCUT2D eigenvalue weighted by molar-refractivity contribution is 6.30. The molecule has 1 N–H and O–H groups in total. The summed E-state index contributed by atoms with van der Waals surface area (Å²) in [4.78, 5) is 12.5. The SMILES string of the molecule is CCC(CC)(NC(=O)CCc1c(C)noc1Cl)c1ccc(Cl)cc1. The summed E-state index contributed by atoms with van der Waals surface area (Å²) in [5.74, 6) is -0.0229. The maximum absolute atomic E-state index is 12.5. The maximum Gasteiger partial charge on any atom is 0.229 e. The van der Waals surface area contributed by atoms with E-state index in [0.717, 1.165) is 29.7 Å². The lowest BCUT2D eigenvalue weighted by Gasteiger charge is -2.33. The topological polar surface area (TPSA) is 55.1 Å². The fraction of sp³-hybridized carbons (Fsp3) is 0.444. The molecule has 0 atom stereocenters. The first-order chi connectivity index (χ1) is 11.4. The zero-order chi connectivity index (χ0) is 17.7. The molecule has 1 aromatic heterocycles. The van der Waals surface area contributed by atoms with E-state index in [-0.39, 0.29) is 11.1 Å². The number of aromatic nitrogens is 1. The molecule has 0 aliphatic heterocycles. The van der Waals surface area contributed by atoms with Crippen molar-refractivity contribution in [2.45, 2.75) is 52.0 Å². The highest BCUT2D eigenvalue weighted by Gasteiger charge is 2.30. The normalized spacial score (nSPS) is 11.5. The molecule has 0 aliphatic rings. The van der Waals surface area contributed by atoms with Crippen molar-refractivity contribution < 1.29 is 9.32 Å². The minimum Gasteiger partial charge on any atom is -0.347 e. The molecular formula is C18H22Cl2N2O2. The number of nitrogens with zero attached hydrogens (tertiary/aromatic N) is 1. The number of hydrogen-bond acceptors (Lipinski definition) is 3. The van der Waals surface area contributed by atoms with Crippen LogP contribution in [0, 0.1) is 6.92 Å². The van der Waals surface area contributed by atoms with Gasteiger partial charge in [-0.05, 0) is 55.5 Å². The summed E-state index contributed by atoms with van der Waals surface area (Å²) in [5.41, 5.74) is 2.18. The average Bonchev–Trinajstić information content (AvgIpc) is 2.90. The Morgan fingerprint density at radius 3 is 2.33 bits per heavy atom. The molecule has 0 aliphatic carbocycles. The van der Waals surface area contributed by atoms with Crippen LogP contribution in [0.4, 0.5) is 0 Å². The Morgan fingerprint density at radius 1 is 1.21 bits per heavy atom. The minimum absolute atomic E-state index is 0.0229. The first-order valence-corrected chi connectivity index (χ1v) is 8.85. The van der Waals surface area contributed by atoms with Crippen molar-refractivity contribution in [3.8, 4) is 0 Å². The molecule has 130 valence electrons. The van der Waals surface area contributed by atoms with Gasteiger partial charge in [0.1, 0.15) is 0 Å². The van der Waals surface area contributed by atoms with Gasteiger partial charge in [-0.15, -0.1) is 0 Å². The van der Waals surface area contributed by atoms with Crippen molar-refractivity contribution in [3.05, 3.63) is 51.3 Å². The Bertz CT molecular complexity index is 672. The molecule has 0 spiro atoms. The summed E-state index contributed by atoms with van der Waals surface area (Å²) in [6, 6.07) is 7.64. The maximum atomic E-state index is 12.5. The monoisotopic (exact) mass is 368 g/mol. The van der Waals surface area contributed by atoms with Gasteiger partial charge in [-0.3, -0.25) is 4.79 Å². The van der Waals surface area contributed by atoms with E-state index >= 15 is 0 Å². The number of hydrogen-bond donors (Lipinski definition) is 1. The van der Waals surface area contributed by atoms with Gasteiger partial charge in [-0.2, -0.15) is 0 Å². The van der Waals surface area contributed by atoms with Crippen LogP contribution in [0.2, 0.25) is 10.2 Å². The Hall–Kier alpha value is -1.52. The van der Waals surface area contributed by atoms with Gasteiger partial charge in [0.2, 0.25) is 11.1 Å². The van der Waals surface area contributed by atoms with Gasteiger partial charge in [0.25, 0.3) is 0 Å².